The zero-order valence-electron chi connectivity index (χ0n) is 15.2. The molecule has 1 unspecified atom stereocenters. The lowest BCUT2D eigenvalue weighted by atomic mass is 9.91. The minimum atomic E-state index is -4.91. The van der Waals surface area contributed by atoms with Crippen LogP contribution in [0.5, 0.6) is 5.75 Å². The monoisotopic (exact) mass is 405 g/mol. The van der Waals surface area contributed by atoms with Crippen molar-refractivity contribution in [3.05, 3.63) is 45.0 Å². The number of benzene rings is 1. The van der Waals surface area contributed by atoms with Crippen LogP contribution in [0, 0.1) is 24.0 Å². The fourth-order valence-corrected chi connectivity index (χ4v) is 2.77. The van der Waals surface area contributed by atoms with Gasteiger partial charge < -0.3 is 19.0 Å². The topological polar surface area (TPSA) is 97.1 Å². The Balaban J connectivity index is 2.18. The molecule has 1 aliphatic rings. The SMILES string of the molecule is Cc1cc(C)c2c(c1)C=C[C@](C(C)OC(=O)OCCO[N+](=O)[O-])(C(F)(F)F)O2. The largest absolute Gasteiger partial charge is 0.508 e. The van der Waals surface area contributed by atoms with Gasteiger partial charge in [-0.25, -0.2) is 4.79 Å². The molecule has 0 saturated heterocycles. The highest BCUT2D eigenvalue weighted by Crippen LogP contribution is 2.45. The Labute approximate surface area is 157 Å². The number of alkyl halides is 3. The Morgan fingerprint density at radius 3 is 2.61 bits per heavy atom. The maximum atomic E-state index is 13.9. The Kier molecular flexibility index (Phi) is 6.05. The highest BCUT2D eigenvalue weighted by molar-refractivity contribution is 5.65. The fourth-order valence-electron chi connectivity index (χ4n) is 2.77. The first-order valence-electron chi connectivity index (χ1n) is 8.13. The summed E-state index contributed by atoms with van der Waals surface area (Å²) in [4.78, 5) is 25.6. The van der Waals surface area contributed by atoms with Crippen molar-refractivity contribution in [2.45, 2.75) is 38.7 Å². The summed E-state index contributed by atoms with van der Waals surface area (Å²) < 4.78 is 56.2. The van der Waals surface area contributed by atoms with E-state index in [0.717, 1.165) is 18.6 Å². The van der Waals surface area contributed by atoms with Crippen molar-refractivity contribution < 1.29 is 42.1 Å². The van der Waals surface area contributed by atoms with Gasteiger partial charge in [-0.15, -0.1) is 10.1 Å². The molecule has 11 heteroatoms. The van der Waals surface area contributed by atoms with Gasteiger partial charge in [0, 0.05) is 5.56 Å². The molecular formula is C17H18F3NO7. The molecule has 0 bridgehead atoms. The summed E-state index contributed by atoms with van der Waals surface area (Å²) in [6, 6.07) is 3.35. The number of ether oxygens (including phenoxy) is 3. The standard InChI is InChI=1S/C17H18F3NO7/c1-10-8-11(2)14-13(9-10)4-5-16(28-14,17(18,19)20)12(3)27-15(22)25-6-7-26-21(23)24/h4-5,8-9,12H,6-7H2,1-3H3/t12?,16-/m0/s1. The summed E-state index contributed by atoms with van der Waals surface area (Å²) in [6.07, 6.45) is -6.09. The molecule has 0 radical (unpaired) electrons. The van der Waals surface area contributed by atoms with Crippen molar-refractivity contribution in [3.8, 4) is 5.75 Å². The highest BCUT2D eigenvalue weighted by Gasteiger charge is 2.62. The highest BCUT2D eigenvalue weighted by atomic mass is 19.4. The Morgan fingerprint density at radius 1 is 1.32 bits per heavy atom. The van der Waals surface area contributed by atoms with Gasteiger partial charge in [0.15, 0.2) is 6.10 Å². The average molecular weight is 405 g/mol. The molecule has 0 saturated carbocycles. The predicted molar refractivity (Wildman–Crippen MR) is 89.2 cm³/mol. The summed E-state index contributed by atoms with van der Waals surface area (Å²) in [5.41, 5.74) is -1.09. The number of hydrogen-bond acceptors (Lipinski definition) is 7. The fraction of sp³-hybridized carbons (Fsp3) is 0.471. The van der Waals surface area contributed by atoms with Crippen LogP contribution in [0.1, 0.15) is 23.6 Å². The molecule has 1 aliphatic heterocycles. The zero-order chi connectivity index (χ0) is 21.1. The number of rotatable bonds is 6. The van der Waals surface area contributed by atoms with E-state index in [2.05, 4.69) is 9.57 Å². The normalized spacial score (nSPS) is 19.2. The first-order valence-corrected chi connectivity index (χ1v) is 8.13. The van der Waals surface area contributed by atoms with E-state index in [9.17, 15) is 28.1 Å². The molecule has 28 heavy (non-hydrogen) atoms. The van der Waals surface area contributed by atoms with Gasteiger partial charge in [0.1, 0.15) is 19.0 Å². The summed E-state index contributed by atoms with van der Waals surface area (Å²) in [5, 5.41) is 8.89. The van der Waals surface area contributed by atoms with Gasteiger partial charge in [-0.1, -0.05) is 17.7 Å². The van der Waals surface area contributed by atoms with Crippen LogP contribution in [-0.2, 0) is 14.3 Å². The molecule has 154 valence electrons. The van der Waals surface area contributed by atoms with Crippen molar-refractivity contribution in [1.82, 2.24) is 0 Å². The third-order valence-electron chi connectivity index (χ3n) is 4.05. The molecule has 0 N–H and O–H groups in total. The number of fused-ring (bicyclic) bond motifs is 1. The Morgan fingerprint density at radius 2 is 2.00 bits per heavy atom. The quantitative estimate of drug-likeness (QED) is 0.308. The molecule has 1 aromatic rings. The molecule has 2 atom stereocenters. The number of halogens is 3. The number of carbonyl (C=O) groups is 1. The predicted octanol–water partition coefficient (Wildman–Crippen LogP) is 3.76. The number of aryl methyl sites for hydroxylation is 2. The van der Waals surface area contributed by atoms with Crippen LogP contribution in [-0.4, -0.2) is 42.3 Å². The molecule has 0 fully saturated rings. The van der Waals surface area contributed by atoms with Gasteiger partial charge in [0.05, 0.1) is 0 Å². The van der Waals surface area contributed by atoms with Gasteiger partial charge in [0.25, 0.3) is 10.7 Å². The molecule has 8 nitrogen and oxygen atoms in total. The van der Waals surface area contributed by atoms with Crippen molar-refractivity contribution >= 4 is 12.2 Å². The van der Waals surface area contributed by atoms with E-state index in [0.29, 0.717) is 11.1 Å². The third-order valence-corrected chi connectivity index (χ3v) is 4.05. The molecule has 1 aromatic carbocycles. The van der Waals surface area contributed by atoms with Gasteiger partial charge in [-0.2, -0.15) is 13.2 Å². The molecule has 0 aliphatic carbocycles. The van der Waals surface area contributed by atoms with Gasteiger partial charge in [0.2, 0.25) is 0 Å². The molecule has 2 rings (SSSR count). The summed E-state index contributed by atoms with van der Waals surface area (Å²) >= 11 is 0. The molecule has 0 spiro atoms. The zero-order valence-corrected chi connectivity index (χ0v) is 15.2. The second-order valence-corrected chi connectivity index (χ2v) is 6.14. The van der Waals surface area contributed by atoms with Crippen LogP contribution in [0.25, 0.3) is 6.08 Å². The third kappa shape index (κ3) is 4.46. The van der Waals surface area contributed by atoms with Crippen LogP contribution in [0.4, 0.5) is 18.0 Å². The van der Waals surface area contributed by atoms with Crippen LogP contribution in [0.3, 0.4) is 0 Å². The first kappa shape index (κ1) is 21.3. The van der Waals surface area contributed by atoms with Gasteiger partial charge >= 0.3 is 12.3 Å². The molecular weight excluding hydrogens is 387 g/mol. The Hall–Kier alpha value is -2.98. The second-order valence-electron chi connectivity index (χ2n) is 6.14. The van der Waals surface area contributed by atoms with Gasteiger partial charge in [-0.3, -0.25) is 0 Å². The minimum Gasteiger partial charge on any atom is -0.469 e. The van der Waals surface area contributed by atoms with Crippen LogP contribution >= 0.6 is 0 Å². The van der Waals surface area contributed by atoms with E-state index < -0.39 is 42.3 Å². The van der Waals surface area contributed by atoms with Crippen molar-refractivity contribution in [3.63, 3.8) is 0 Å². The number of hydrogen-bond donors (Lipinski definition) is 0. The van der Waals surface area contributed by atoms with E-state index >= 15 is 0 Å². The van der Waals surface area contributed by atoms with E-state index in [1.165, 1.54) is 6.08 Å². The molecule has 0 aromatic heterocycles. The van der Waals surface area contributed by atoms with Crippen LogP contribution < -0.4 is 4.74 Å². The van der Waals surface area contributed by atoms with E-state index in [-0.39, 0.29) is 5.75 Å². The van der Waals surface area contributed by atoms with E-state index in [4.69, 9.17) is 9.47 Å². The summed E-state index contributed by atoms with van der Waals surface area (Å²) in [6.45, 7) is 3.28. The lowest BCUT2D eigenvalue weighted by molar-refractivity contribution is -0.757. The smallest absolute Gasteiger partial charge is 0.469 e. The number of carbonyl (C=O) groups excluding carboxylic acids is 1. The molecule has 1 heterocycles. The van der Waals surface area contributed by atoms with Crippen molar-refractivity contribution in [2.24, 2.45) is 0 Å². The van der Waals surface area contributed by atoms with Crippen LogP contribution in [0.15, 0.2) is 18.2 Å². The van der Waals surface area contributed by atoms with E-state index in [1.54, 1.807) is 26.0 Å². The lowest BCUT2D eigenvalue weighted by Gasteiger charge is -2.40. The number of nitrogens with zero attached hydrogens (tertiary/aromatic N) is 1. The van der Waals surface area contributed by atoms with Crippen molar-refractivity contribution in [2.75, 3.05) is 13.2 Å². The van der Waals surface area contributed by atoms with Gasteiger partial charge in [-0.05, 0) is 38.5 Å². The lowest BCUT2D eigenvalue weighted by Crippen LogP contribution is -2.58. The first-order chi connectivity index (χ1) is 13.0. The summed E-state index contributed by atoms with van der Waals surface area (Å²) in [5.74, 6) is 0.0358. The second kappa shape index (κ2) is 7.95. The van der Waals surface area contributed by atoms with E-state index in [1.807, 2.05) is 0 Å². The average Bonchev–Trinajstić information content (AvgIpc) is 2.57. The maximum Gasteiger partial charge on any atom is 0.508 e. The van der Waals surface area contributed by atoms with Crippen LogP contribution in [0.2, 0.25) is 0 Å². The minimum absolute atomic E-state index is 0.0358. The van der Waals surface area contributed by atoms with Crippen molar-refractivity contribution in [1.29, 1.82) is 0 Å². The maximum absolute atomic E-state index is 13.9. The molecule has 0 amide bonds. The summed E-state index contributed by atoms with van der Waals surface area (Å²) in [7, 11) is 0. The Bertz CT molecular complexity index is 794.